The number of carbonyl (C=O) groups is 2. The van der Waals surface area contributed by atoms with E-state index in [-0.39, 0.29) is 17.7 Å². The standard InChI is InChI=1S/C24H31NO2.CH2O2/c1-17-10-8-9-11-21(17)22(14-18(2)26)25(6)20-12-13-23(27-7)19(15-20)16-24(3,4)5;2-1-3/h8-15H,16H2,1-7H3;1H,(H,2,3)/b22-14+;. The third-order valence-corrected chi connectivity index (χ3v) is 4.49. The molecule has 0 atom stereocenters. The minimum atomic E-state index is -0.250. The van der Waals surface area contributed by atoms with Gasteiger partial charge >= 0.3 is 0 Å². The average Bonchev–Trinajstić information content (AvgIpc) is 2.65. The maximum atomic E-state index is 11.9. The summed E-state index contributed by atoms with van der Waals surface area (Å²) in [5.74, 6) is 0.929. The smallest absolute Gasteiger partial charge is 0.290 e. The Morgan fingerprint density at radius 3 is 2.27 bits per heavy atom. The second-order valence-corrected chi connectivity index (χ2v) is 8.35. The van der Waals surface area contributed by atoms with Crippen molar-refractivity contribution in [2.75, 3.05) is 19.1 Å². The van der Waals surface area contributed by atoms with E-state index in [0.717, 1.165) is 34.7 Å². The number of hydrogen-bond donors (Lipinski definition) is 1. The van der Waals surface area contributed by atoms with Crippen LogP contribution in [0.2, 0.25) is 0 Å². The van der Waals surface area contributed by atoms with Gasteiger partial charge in [-0.1, -0.05) is 45.0 Å². The highest BCUT2D eigenvalue weighted by atomic mass is 16.5. The average molecular weight is 412 g/mol. The normalized spacial score (nSPS) is 11.2. The van der Waals surface area contributed by atoms with Crippen molar-refractivity contribution in [1.82, 2.24) is 0 Å². The lowest BCUT2D eigenvalue weighted by atomic mass is 9.87. The lowest BCUT2D eigenvalue weighted by Crippen LogP contribution is -2.18. The number of nitrogens with zero attached hydrogens (tertiary/aromatic N) is 1. The summed E-state index contributed by atoms with van der Waals surface area (Å²) in [4.78, 5) is 22.3. The number of ketones is 1. The fourth-order valence-electron chi connectivity index (χ4n) is 3.23. The van der Waals surface area contributed by atoms with E-state index in [0.29, 0.717) is 0 Å². The van der Waals surface area contributed by atoms with Crippen molar-refractivity contribution in [3.05, 3.63) is 65.2 Å². The number of aryl methyl sites for hydroxylation is 1. The van der Waals surface area contributed by atoms with Crippen LogP contribution in [0.15, 0.2) is 48.5 Å². The van der Waals surface area contributed by atoms with Crippen LogP contribution in [0, 0.1) is 12.3 Å². The van der Waals surface area contributed by atoms with Crippen molar-refractivity contribution in [2.24, 2.45) is 5.41 Å². The lowest BCUT2D eigenvalue weighted by Gasteiger charge is -2.26. The molecule has 0 amide bonds. The van der Waals surface area contributed by atoms with Gasteiger partial charge in [-0.15, -0.1) is 0 Å². The Balaban J connectivity index is 0.00000141. The minimum Gasteiger partial charge on any atom is -0.496 e. The summed E-state index contributed by atoms with van der Waals surface area (Å²) < 4.78 is 5.57. The Morgan fingerprint density at radius 1 is 1.17 bits per heavy atom. The van der Waals surface area contributed by atoms with Crippen LogP contribution >= 0.6 is 0 Å². The van der Waals surface area contributed by atoms with E-state index >= 15 is 0 Å². The first-order chi connectivity index (χ1) is 14.0. The van der Waals surface area contributed by atoms with Crippen molar-refractivity contribution < 1.29 is 19.4 Å². The molecule has 0 unspecified atom stereocenters. The largest absolute Gasteiger partial charge is 0.496 e. The van der Waals surface area contributed by atoms with Crippen molar-refractivity contribution in [3.63, 3.8) is 0 Å². The molecule has 1 N–H and O–H groups in total. The SMILES string of the molecule is COc1ccc(N(C)/C(=C/C(C)=O)c2ccccc2C)cc1CC(C)(C)C.O=CO. The van der Waals surface area contributed by atoms with E-state index < -0.39 is 0 Å². The van der Waals surface area contributed by atoms with Gasteiger partial charge < -0.3 is 14.7 Å². The zero-order valence-corrected chi connectivity index (χ0v) is 19.0. The summed E-state index contributed by atoms with van der Waals surface area (Å²) in [6.45, 7) is 10.1. The second-order valence-electron chi connectivity index (χ2n) is 8.35. The number of allylic oxidation sites excluding steroid dienone is 1. The molecule has 0 spiro atoms. The highest BCUT2D eigenvalue weighted by molar-refractivity contribution is 5.98. The molecule has 0 aliphatic heterocycles. The Morgan fingerprint density at radius 2 is 1.77 bits per heavy atom. The van der Waals surface area contributed by atoms with Crippen LogP contribution in [0.25, 0.3) is 5.70 Å². The van der Waals surface area contributed by atoms with E-state index in [1.807, 2.05) is 31.3 Å². The van der Waals surface area contributed by atoms with Crippen molar-refractivity contribution in [2.45, 2.75) is 41.0 Å². The van der Waals surface area contributed by atoms with Gasteiger partial charge in [0.05, 0.1) is 12.8 Å². The van der Waals surface area contributed by atoms with Gasteiger partial charge in [-0.25, -0.2) is 0 Å². The number of benzene rings is 2. The number of anilines is 1. The molecular weight excluding hydrogens is 378 g/mol. The van der Waals surface area contributed by atoms with E-state index in [1.54, 1.807) is 20.1 Å². The number of carboxylic acid groups (broad SMARTS) is 1. The topological polar surface area (TPSA) is 66.8 Å². The van der Waals surface area contributed by atoms with Gasteiger partial charge in [-0.2, -0.15) is 0 Å². The van der Waals surface area contributed by atoms with Crippen LogP contribution in [0.1, 0.15) is 44.4 Å². The number of rotatable bonds is 6. The molecule has 0 saturated heterocycles. The molecule has 5 heteroatoms. The highest BCUT2D eigenvalue weighted by Crippen LogP contribution is 2.33. The fraction of sp³-hybridized carbons (Fsp3) is 0.360. The Bertz CT molecular complexity index is 894. The molecule has 30 heavy (non-hydrogen) atoms. The molecule has 5 nitrogen and oxygen atoms in total. The third kappa shape index (κ3) is 7.39. The Kier molecular flexibility index (Phi) is 9.31. The number of hydrogen-bond acceptors (Lipinski definition) is 4. The van der Waals surface area contributed by atoms with Crippen LogP contribution in [-0.4, -0.2) is 31.5 Å². The summed E-state index contributed by atoms with van der Waals surface area (Å²) >= 11 is 0. The molecule has 0 saturated carbocycles. The maximum absolute atomic E-state index is 11.9. The molecule has 0 aromatic heterocycles. The van der Waals surface area contributed by atoms with Gasteiger partial charge in [0, 0.05) is 24.4 Å². The molecule has 0 heterocycles. The van der Waals surface area contributed by atoms with Crippen LogP contribution in [0.5, 0.6) is 5.75 Å². The predicted molar refractivity (Wildman–Crippen MR) is 123 cm³/mol. The zero-order chi connectivity index (χ0) is 22.9. The second kappa shape index (κ2) is 11.2. The van der Waals surface area contributed by atoms with Gasteiger partial charge in [0.2, 0.25) is 0 Å². The van der Waals surface area contributed by atoms with E-state index in [1.165, 1.54) is 5.56 Å². The van der Waals surface area contributed by atoms with Gasteiger partial charge in [0.25, 0.3) is 6.47 Å². The molecule has 2 aromatic carbocycles. The molecule has 2 rings (SSSR count). The highest BCUT2D eigenvalue weighted by Gasteiger charge is 2.18. The summed E-state index contributed by atoms with van der Waals surface area (Å²) in [6.07, 6.45) is 2.62. The molecule has 0 bridgehead atoms. The van der Waals surface area contributed by atoms with Gasteiger partial charge in [-0.3, -0.25) is 9.59 Å². The Labute approximate surface area is 180 Å². The van der Waals surface area contributed by atoms with Crippen molar-refractivity contribution >= 4 is 23.6 Å². The van der Waals surface area contributed by atoms with Crippen LogP contribution < -0.4 is 9.64 Å². The zero-order valence-electron chi connectivity index (χ0n) is 19.0. The lowest BCUT2D eigenvalue weighted by molar-refractivity contribution is -0.122. The molecule has 0 aliphatic carbocycles. The van der Waals surface area contributed by atoms with E-state index in [9.17, 15) is 4.79 Å². The monoisotopic (exact) mass is 411 g/mol. The maximum Gasteiger partial charge on any atom is 0.290 e. The predicted octanol–water partition coefficient (Wildman–Crippen LogP) is 5.36. The van der Waals surface area contributed by atoms with Gasteiger partial charge in [0.1, 0.15) is 5.75 Å². The summed E-state index contributed by atoms with van der Waals surface area (Å²) in [7, 11) is 3.71. The number of carbonyl (C=O) groups excluding carboxylic acids is 1. The first kappa shape index (κ1) is 25.0. The molecule has 0 radical (unpaired) electrons. The molecule has 0 aliphatic rings. The fourth-order valence-corrected chi connectivity index (χ4v) is 3.23. The molecule has 2 aromatic rings. The van der Waals surface area contributed by atoms with Crippen LogP contribution in [0.4, 0.5) is 5.69 Å². The number of methoxy groups -OCH3 is 1. The van der Waals surface area contributed by atoms with Crippen molar-refractivity contribution in [3.8, 4) is 5.75 Å². The molecular formula is C25H33NO4. The van der Waals surface area contributed by atoms with Gasteiger partial charge in [-0.05, 0) is 55.0 Å². The van der Waals surface area contributed by atoms with Gasteiger partial charge in [0.15, 0.2) is 5.78 Å². The van der Waals surface area contributed by atoms with Crippen LogP contribution in [-0.2, 0) is 16.0 Å². The first-order valence-electron chi connectivity index (χ1n) is 9.80. The molecule has 162 valence electrons. The Hall–Kier alpha value is -3.08. The van der Waals surface area contributed by atoms with E-state index in [2.05, 4.69) is 50.8 Å². The van der Waals surface area contributed by atoms with E-state index in [4.69, 9.17) is 14.6 Å². The summed E-state index contributed by atoms with van der Waals surface area (Å²) in [5.41, 5.74) is 5.45. The quantitative estimate of drug-likeness (QED) is 0.512. The summed E-state index contributed by atoms with van der Waals surface area (Å²) in [5, 5.41) is 6.89. The van der Waals surface area contributed by atoms with Crippen molar-refractivity contribution in [1.29, 1.82) is 0 Å². The number of ether oxygens (including phenoxy) is 1. The summed E-state index contributed by atoms with van der Waals surface area (Å²) in [6, 6.07) is 14.3. The minimum absolute atomic E-state index is 0.0310. The third-order valence-electron chi connectivity index (χ3n) is 4.49. The first-order valence-corrected chi connectivity index (χ1v) is 9.80. The molecule has 0 fully saturated rings. The van der Waals surface area contributed by atoms with Crippen LogP contribution in [0.3, 0.4) is 0 Å².